The highest BCUT2D eigenvalue weighted by molar-refractivity contribution is 5.86. The molecule has 1 aliphatic rings. The number of nitrogens with one attached hydrogen (secondary N) is 3. The zero-order valence-electron chi connectivity index (χ0n) is 12.7. The second-order valence-corrected chi connectivity index (χ2v) is 5.75. The van der Waals surface area contributed by atoms with Gasteiger partial charge in [-0.1, -0.05) is 42.5 Å². The Kier molecular flexibility index (Phi) is 3.70. The highest BCUT2D eigenvalue weighted by Crippen LogP contribution is 2.26. The monoisotopic (exact) mass is 320 g/mol. The fourth-order valence-corrected chi connectivity index (χ4v) is 2.96. The van der Waals surface area contributed by atoms with Gasteiger partial charge in [0, 0.05) is 17.1 Å². The Hall–Kier alpha value is -2.80. The highest BCUT2D eigenvalue weighted by atomic mass is 16.4. The fraction of sp³-hybridized carbons (Fsp3) is 0.111. The SMILES string of the molecule is O=C(O)C1NNNC1c1ccc2cc(-c3ccccc3)ncc2c1. The first kappa shape index (κ1) is 14.8. The van der Waals surface area contributed by atoms with Gasteiger partial charge in [0.15, 0.2) is 0 Å². The average molecular weight is 320 g/mol. The molecule has 6 nitrogen and oxygen atoms in total. The van der Waals surface area contributed by atoms with Gasteiger partial charge in [-0.3, -0.25) is 9.78 Å². The number of aliphatic carboxylic acids is 1. The quantitative estimate of drug-likeness (QED) is 0.591. The number of fused-ring (bicyclic) bond motifs is 1. The van der Waals surface area contributed by atoms with Gasteiger partial charge in [-0.25, -0.2) is 10.9 Å². The van der Waals surface area contributed by atoms with Crippen LogP contribution in [0.15, 0.2) is 60.8 Å². The van der Waals surface area contributed by atoms with Crippen LogP contribution in [0.1, 0.15) is 11.6 Å². The van der Waals surface area contributed by atoms with Crippen molar-refractivity contribution in [1.82, 2.24) is 21.4 Å². The molecule has 0 aliphatic carbocycles. The van der Waals surface area contributed by atoms with E-state index in [9.17, 15) is 9.90 Å². The summed E-state index contributed by atoms with van der Waals surface area (Å²) in [7, 11) is 0. The van der Waals surface area contributed by atoms with Gasteiger partial charge in [0.2, 0.25) is 0 Å². The molecule has 4 rings (SSSR count). The van der Waals surface area contributed by atoms with Crippen LogP contribution in [0.2, 0.25) is 0 Å². The number of aromatic nitrogens is 1. The number of benzene rings is 2. The van der Waals surface area contributed by atoms with Gasteiger partial charge in [-0.15, -0.1) is 0 Å². The van der Waals surface area contributed by atoms with Gasteiger partial charge < -0.3 is 5.11 Å². The minimum absolute atomic E-state index is 0.347. The lowest BCUT2D eigenvalue weighted by molar-refractivity contribution is -0.139. The van der Waals surface area contributed by atoms with Gasteiger partial charge in [-0.05, 0) is 23.1 Å². The molecule has 0 saturated carbocycles. The van der Waals surface area contributed by atoms with Crippen molar-refractivity contribution >= 4 is 16.7 Å². The Morgan fingerprint density at radius 1 is 1.00 bits per heavy atom. The lowest BCUT2D eigenvalue weighted by atomic mass is 9.98. The molecule has 120 valence electrons. The van der Waals surface area contributed by atoms with E-state index < -0.39 is 12.0 Å². The second-order valence-electron chi connectivity index (χ2n) is 5.75. The molecule has 6 heteroatoms. The summed E-state index contributed by atoms with van der Waals surface area (Å²) in [6, 6.07) is 16.9. The average Bonchev–Trinajstić information content (AvgIpc) is 3.12. The summed E-state index contributed by atoms with van der Waals surface area (Å²) in [4.78, 5) is 15.8. The van der Waals surface area contributed by atoms with Crippen LogP contribution in [0.3, 0.4) is 0 Å². The summed E-state index contributed by atoms with van der Waals surface area (Å²) in [5.41, 5.74) is 11.2. The van der Waals surface area contributed by atoms with Crippen LogP contribution in [-0.4, -0.2) is 22.1 Å². The topological polar surface area (TPSA) is 86.3 Å². The van der Waals surface area contributed by atoms with Crippen molar-refractivity contribution in [2.45, 2.75) is 12.1 Å². The van der Waals surface area contributed by atoms with E-state index in [0.717, 1.165) is 27.6 Å². The largest absolute Gasteiger partial charge is 0.480 e. The van der Waals surface area contributed by atoms with E-state index in [1.165, 1.54) is 0 Å². The first-order valence-corrected chi connectivity index (χ1v) is 7.66. The number of carboxylic acids is 1. The predicted octanol–water partition coefficient (Wildman–Crippen LogP) is 2.01. The van der Waals surface area contributed by atoms with Gasteiger partial charge >= 0.3 is 5.97 Å². The number of nitrogens with zero attached hydrogens (tertiary/aromatic N) is 1. The third kappa shape index (κ3) is 2.63. The summed E-state index contributed by atoms with van der Waals surface area (Å²) in [6.07, 6.45) is 1.83. The standard InChI is InChI=1S/C18H16N4O2/c23-18(24)17-16(20-22-21-17)13-7-6-12-9-15(19-10-14(12)8-13)11-4-2-1-3-5-11/h1-10,16-17,20-22H,(H,23,24). The molecular weight excluding hydrogens is 304 g/mol. The summed E-state index contributed by atoms with van der Waals surface area (Å²) in [6.45, 7) is 0. The van der Waals surface area contributed by atoms with E-state index >= 15 is 0 Å². The van der Waals surface area contributed by atoms with Gasteiger partial charge in [0.05, 0.1) is 11.7 Å². The molecule has 4 N–H and O–H groups in total. The number of carboxylic acid groups (broad SMARTS) is 1. The first-order valence-electron chi connectivity index (χ1n) is 7.66. The zero-order valence-corrected chi connectivity index (χ0v) is 12.7. The lowest BCUT2D eigenvalue weighted by Crippen LogP contribution is -2.38. The molecule has 2 heterocycles. The number of pyridine rings is 1. The molecule has 3 aromatic rings. The Balaban J connectivity index is 1.71. The third-order valence-corrected chi connectivity index (χ3v) is 4.23. The number of rotatable bonds is 3. The molecule has 0 radical (unpaired) electrons. The van der Waals surface area contributed by atoms with Crippen molar-refractivity contribution in [2.75, 3.05) is 0 Å². The Morgan fingerprint density at radius 2 is 1.83 bits per heavy atom. The van der Waals surface area contributed by atoms with E-state index in [0.29, 0.717) is 0 Å². The van der Waals surface area contributed by atoms with Crippen molar-refractivity contribution in [1.29, 1.82) is 0 Å². The lowest BCUT2D eigenvalue weighted by Gasteiger charge is -2.15. The molecular formula is C18H16N4O2. The van der Waals surface area contributed by atoms with E-state index in [1.807, 2.05) is 60.8 Å². The van der Waals surface area contributed by atoms with Crippen molar-refractivity contribution < 1.29 is 9.90 Å². The van der Waals surface area contributed by atoms with Crippen LogP contribution in [-0.2, 0) is 4.79 Å². The number of hydrogen-bond donors (Lipinski definition) is 4. The minimum Gasteiger partial charge on any atom is -0.480 e. The number of carbonyl (C=O) groups is 1. The minimum atomic E-state index is -0.907. The van der Waals surface area contributed by atoms with Gasteiger partial charge in [0.25, 0.3) is 0 Å². The van der Waals surface area contributed by atoms with Crippen LogP contribution in [0.4, 0.5) is 0 Å². The van der Waals surface area contributed by atoms with Crippen LogP contribution >= 0.6 is 0 Å². The molecule has 1 saturated heterocycles. The van der Waals surface area contributed by atoms with Crippen LogP contribution in [0.25, 0.3) is 22.0 Å². The maximum Gasteiger partial charge on any atom is 0.324 e. The molecule has 0 spiro atoms. The van der Waals surface area contributed by atoms with Crippen LogP contribution in [0.5, 0.6) is 0 Å². The smallest absolute Gasteiger partial charge is 0.324 e. The van der Waals surface area contributed by atoms with Crippen LogP contribution < -0.4 is 16.4 Å². The second kappa shape index (κ2) is 6.01. The zero-order chi connectivity index (χ0) is 16.5. The normalized spacial score (nSPS) is 20.3. The highest BCUT2D eigenvalue weighted by Gasteiger charge is 2.33. The molecule has 0 bridgehead atoms. The summed E-state index contributed by atoms with van der Waals surface area (Å²) in [5, 5.41) is 11.3. The Morgan fingerprint density at radius 3 is 2.62 bits per heavy atom. The molecule has 1 fully saturated rings. The van der Waals surface area contributed by atoms with Crippen molar-refractivity contribution in [3.8, 4) is 11.3 Å². The molecule has 2 unspecified atom stereocenters. The van der Waals surface area contributed by atoms with E-state index in [-0.39, 0.29) is 6.04 Å². The molecule has 2 atom stereocenters. The molecule has 0 amide bonds. The maximum atomic E-state index is 11.3. The first-order chi connectivity index (χ1) is 11.7. The Labute approximate surface area is 138 Å². The van der Waals surface area contributed by atoms with Crippen molar-refractivity contribution in [2.24, 2.45) is 0 Å². The molecule has 2 aromatic carbocycles. The van der Waals surface area contributed by atoms with Gasteiger partial charge in [-0.2, -0.15) is 5.53 Å². The Bertz CT molecular complexity index is 898. The fourth-order valence-electron chi connectivity index (χ4n) is 2.96. The summed E-state index contributed by atoms with van der Waals surface area (Å²) in [5.74, 6) is -0.907. The molecule has 1 aromatic heterocycles. The van der Waals surface area contributed by atoms with E-state index in [4.69, 9.17) is 0 Å². The van der Waals surface area contributed by atoms with Crippen molar-refractivity contribution in [3.63, 3.8) is 0 Å². The number of hydrazine groups is 2. The summed E-state index contributed by atoms with van der Waals surface area (Å²) >= 11 is 0. The van der Waals surface area contributed by atoms with Crippen LogP contribution in [0, 0.1) is 0 Å². The van der Waals surface area contributed by atoms with E-state index in [2.05, 4.69) is 21.4 Å². The maximum absolute atomic E-state index is 11.3. The van der Waals surface area contributed by atoms with E-state index in [1.54, 1.807) is 0 Å². The van der Waals surface area contributed by atoms with Crippen molar-refractivity contribution in [3.05, 3.63) is 66.4 Å². The predicted molar refractivity (Wildman–Crippen MR) is 90.8 cm³/mol. The molecule has 24 heavy (non-hydrogen) atoms. The molecule has 1 aliphatic heterocycles. The summed E-state index contributed by atoms with van der Waals surface area (Å²) < 4.78 is 0. The third-order valence-electron chi connectivity index (χ3n) is 4.23. The van der Waals surface area contributed by atoms with Gasteiger partial charge in [0.1, 0.15) is 6.04 Å². The number of hydrogen-bond acceptors (Lipinski definition) is 5.